The highest BCUT2D eigenvalue weighted by molar-refractivity contribution is 5.64. The van der Waals surface area contributed by atoms with Crippen molar-refractivity contribution in [2.45, 2.75) is 0 Å². The number of H-pyrrole nitrogens is 1. The van der Waals surface area contributed by atoms with Crippen molar-refractivity contribution in [2.24, 2.45) is 0 Å². The van der Waals surface area contributed by atoms with Crippen molar-refractivity contribution < 1.29 is 4.42 Å². The minimum atomic E-state index is 0.838. The van der Waals surface area contributed by atoms with Crippen LogP contribution in [0.1, 0.15) is 11.5 Å². The van der Waals surface area contributed by atoms with Crippen LogP contribution in [0.15, 0.2) is 35.1 Å². The van der Waals surface area contributed by atoms with Gasteiger partial charge in [-0.1, -0.05) is 0 Å². The summed E-state index contributed by atoms with van der Waals surface area (Å²) in [4.78, 5) is 0. The van der Waals surface area contributed by atoms with Crippen molar-refractivity contribution in [1.29, 1.82) is 0 Å². The monoisotopic (exact) mass is 160 g/mol. The maximum Gasteiger partial charge on any atom is 0.126 e. The molecule has 0 spiro atoms. The second-order valence-electron chi connectivity index (χ2n) is 2.36. The molecule has 2 heterocycles. The summed E-state index contributed by atoms with van der Waals surface area (Å²) in [6.45, 7) is 0. The molecule has 2 aromatic heterocycles. The normalized spacial score (nSPS) is 11.0. The Balaban J connectivity index is 2.14. The van der Waals surface area contributed by atoms with Crippen LogP contribution < -0.4 is 0 Å². The molecule has 1 N–H and O–H groups in total. The first-order valence-electron chi connectivity index (χ1n) is 3.66. The largest absolute Gasteiger partial charge is 0.465 e. The van der Waals surface area contributed by atoms with Gasteiger partial charge in [0.2, 0.25) is 0 Å². The summed E-state index contributed by atoms with van der Waals surface area (Å²) < 4.78 is 5.11. The van der Waals surface area contributed by atoms with Crippen molar-refractivity contribution in [3.8, 4) is 0 Å². The van der Waals surface area contributed by atoms with Crippen LogP contribution in [0.4, 0.5) is 0 Å². The molecule has 2 rings (SSSR count). The lowest BCUT2D eigenvalue weighted by Crippen LogP contribution is -1.69. The van der Waals surface area contributed by atoms with E-state index in [9.17, 15) is 0 Å². The highest BCUT2D eigenvalue weighted by Crippen LogP contribution is 2.05. The molecule has 0 saturated carbocycles. The van der Waals surface area contributed by atoms with Gasteiger partial charge in [0.05, 0.1) is 12.0 Å². The lowest BCUT2D eigenvalue weighted by Gasteiger charge is -1.82. The first-order chi connectivity index (χ1) is 5.95. The summed E-state index contributed by atoms with van der Waals surface area (Å²) in [5.74, 6) is 0.838. The van der Waals surface area contributed by atoms with Crippen molar-refractivity contribution in [2.75, 3.05) is 0 Å². The van der Waals surface area contributed by atoms with Crippen LogP contribution in [-0.4, -0.2) is 10.2 Å². The molecule has 60 valence electrons. The van der Waals surface area contributed by atoms with E-state index < -0.39 is 0 Å². The van der Waals surface area contributed by atoms with Gasteiger partial charge in [0.1, 0.15) is 5.76 Å². The Hall–Kier alpha value is -1.77. The van der Waals surface area contributed by atoms with Crippen LogP contribution >= 0.6 is 0 Å². The van der Waals surface area contributed by atoms with Crippen molar-refractivity contribution in [3.63, 3.8) is 0 Å². The predicted molar refractivity (Wildman–Crippen MR) is 46.2 cm³/mol. The average molecular weight is 160 g/mol. The number of aromatic amines is 1. The first-order valence-corrected chi connectivity index (χ1v) is 3.66. The van der Waals surface area contributed by atoms with Gasteiger partial charge in [-0.05, 0) is 30.4 Å². The van der Waals surface area contributed by atoms with Gasteiger partial charge >= 0.3 is 0 Å². The fraction of sp³-hybridized carbons (Fsp3) is 0. The van der Waals surface area contributed by atoms with Crippen LogP contribution in [-0.2, 0) is 0 Å². The van der Waals surface area contributed by atoms with Gasteiger partial charge in [-0.3, -0.25) is 5.10 Å². The lowest BCUT2D eigenvalue weighted by atomic mass is 10.3. The molecule has 0 aliphatic rings. The summed E-state index contributed by atoms with van der Waals surface area (Å²) in [5, 5.41) is 6.64. The number of nitrogens with zero attached hydrogens (tertiary/aromatic N) is 1. The van der Waals surface area contributed by atoms with E-state index in [2.05, 4.69) is 10.2 Å². The van der Waals surface area contributed by atoms with Crippen molar-refractivity contribution in [3.05, 3.63) is 42.1 Å². The summed E-state index contributed by atoms with van der Waals surface area (Å²) in [7, 11) is 0. The van der Waals surface area contributed by atoms with Gasteiger partial charge in [0.15, 0.2) is 0 Å². The number of rotatable bonds is 2. The summed E-state index contributed by atoms with van der Waals surface area (Å²) in [6, 6.07) is 5.64. The average Bonchev–Trinajstić information content (AvgIpc) is 2.74. The molecule has 12 heavy (non-hydrogen) atoms. The fourth-order valence-electron chi connectivity index (χ4n) is 0.917. The number of aromatic nitrogens is 2. The van der Waals surface area contributed by atoms with Gasteiger partial charge in [0, 0.05) is 6.20 Å². The third kappa shape index (κ3) is 1.45. The first kappa shape index (κ1) is 6.91. The maximum absolute atomic E-state index is 5.11. The maximum atomic E-state index is 5.11. The quantitative estimate of drug-likeness (QED) is 0.731. The molecular formula is C9H8N2O. The van der Waals surface area contributed by atoms with E-state index in [4.69, 9.17) is 4.42 Å². The van der Waals surface area contributed by atoms with E-state index >= 15 is 0 Å². The predicted octanol–water partition coefficient (Wildman–Crippen LogP) is 2.17. The topological polar surface area (TPSA) is 41.8 Å². The molecule has 3 nitrogen and oxygen atoms in total. The molecule has 0 aliphatic carbocycles. The number of nitrogens with one attached hydrogen (secondary N) is 1. The molecular weight excluding hydrogens is 152 g/mol. The third-order valence-corrected chi connectivity index (χ3v) is 1.49. The zero-order valence-electron chi connectivity index (χ0n) is 6.40. The summed E-state index contributed by atoms with van der Waals surface area (Å²) in [6.07, 6.45) is 7.15. The standard InChI is InChI=1S/C9H8N2O/c1-2-9(12-7-1)4-3-8-5-6-10-11-8/h1-7H,(H,10,11). The van der Waals surface area contributed by atoms with Gasteiger partial charge < -0.3 is 4.42 Å². The van der Waals surface area contributed by atoms with E-state index in [1.54, 1.807) is 12.5 Å². The fourth-order valence-corrected chi connectivity index (χ4v) is 0.917. The Kier molecular flexibility index (Phi) is 1.78. The molecule has 0 atom stereocenters. The van der Waals surface area contributed by atoms with Crippen LogP contribution in [0.3, 0.4) is 0 Å². The smallest absolute Gasteiger partial charge is 0.126 e. The molecule has 3 heteroatoms. The summed E-state index contributed by atoms with van der Waals surface area (Å²) in [5.41, 5.74) is 0.964. The van der Waals surface area contributed by atoms with E-state index in [1.807, 2.05) is 30.4 Å². The summed E-state index contributed by atoms with van der Waals surface area (Å²) >= 11 is 0. The molecule has 0 aliphatic heterocycles. The van der Waals surface area contributed by atoms with E-state index in [-0.39, 0.29) is 0 Å². The Bertz CT molecular complexity index is 310. The molecule has 0 bridgehead atoms. The minimum absolute atomic E-state index is 0.838. The van der Waals surface area contributed by atoms with Gasteiger partial charge in [0.25, 0.3) is 0 Å². The molecule has 0 aromatic carbocycles. The number of furan rings is 1. The van der Waals surface area contributed by atoms with Gasteiger partial charge in [-0.15, -0.1) is 0 Å². The van der Waals surface area contributed by atoms with Crippen LogP contribution in [0.5, 0.6) is 0 Å². The van der Waals surface area contributed by atoms with E-state index in [1.165, 1.54) is 0 Å². The Morgan fingerprint density at radius 1 is 1.33 bits per heavy atom. The Morgan fingerprint density at radius 2 is 2.33 bits per heavy atom. The van der Waals surface area contributed by atoms with E-state index in [0.717, 1.165) is 11.5 Å². The zero-order chi connectivity index (χ0) is 8.23. The minimum Gasteiger partial charge on any atom is -0.465 e. The Morgan fingerprint density at radius 3 is 3.00 bits per heavy atom. The van der Waals surface area contributed by atoms with Crippen molar-refractivity contribution >= 4 is 12.2 Å². The van der Waals surface area contributed by atoms with Crippen LogP contribution in [0, 0.1) is 0 Å². The second-order valence-corrected chi connectivity index (χ2v) is 2.36. The highest BCUT2D eigenvalue weighted by atomic mass is 16.3. The van der Waals surface area contributed by atoms with Crippen LogP contribution in [0.2, 0.25) is 0 Å². The molecule has 0 unspecified atom stereocenters. The SMILES string of the molecule is C(=Cc1ccco1)c1ccn[nH]1. The molecule has 0 fully saturated rings. The van der Waals surface area contributed by atoms with Gasteiger partial charge in [-0.2, -0.15) is 5.10 Å². The zero-order valence-corrected chi connectivity index (χ0v) is 6.40. The van der Waals surface area contributed by atoms with Gasteiger partial charge in [-0.25, -0.2) is 0 Å². The third-order valence-electron chi connectivity index (χ3n) is 1.49. The second kappa shape index (κ2) is 3.09. The number of hydrogen-bond donors (Lipinski definition) is 1. The Labute approximate surface area is 69.7 Å². The molecule has 2 aromatic rings. The molecule has 0 saturated heterocycles. The molecule has 0 radical (unpaired) electrons. The highest BCUT2D eigenvalue weighted by Gasteiger charge is 1.88. The lowest BCUT2D eigenvalue weighted by molar-refractivity contribution is 0.557. The van der Waals surface area contributed by atoms with E-state index in [0.29, 0.717) is 0 Å². The van der Waals surface area contributed by atoms with Crippen molar-refractivity contribution in [1.82, 2.24) is 10.2 Å². The number of hydrogen-bond acceptors (Lipinski definition) is 2. The van der Waals surface area contributed by atoms with Crippen LogP contribution in [0.25, 0.3) is 12.2 Å². The molecule has 0 amide bonds.